The lowest BCUT2D eigenvalue weighted by molar-refractivity contribution is 0.0601. The van der Waals surface area contributed by atoms with E-state index in [0.29, 0.717) is 5.82 Å². The van der Waals surface area contributed by atoms with Gasteiger partial charge in [0.05, 0.1) is 7.11 Å². The monoisotopic (exact) mass is 269 g/mol. The van der Waals surface area contributed by atoms with Crippen LogP contribution < -0.4 is 5.73 Å². The van der Waals surface area contributed by atoms with E-state index in [0.717, 1.165) is 12.8 Å². The molecule has 0 bridgehead atoms. The predicted octanol–water partition coefficient (Wildman–Crippen LogP) is 1.73. The zero-order valence-electron chi connectivity index (χ0n) is 11.2. The second kappa shape index (κ2) is 4.92. The number of hydrogen-bond donors (Lipinski definition) is 1. The van der Waals surface area contributed by atoms with Gasteiger partial charge in [-0.2, -0.15) is 0 Å². The molecule has 0 aliphatic heterocycles. The number of nitrogens with two attached hydrogens (primary N) is 1. The number of ether oxygens (including phenoxy) is 1. The normalized spacial score (nSPS) is 14.1. The highest BCUT2D eigenvalue weighted by Crippen LogP contribution is 2.32. The predicted molar refractivity (Wildman–Crippen MR) is 74.4 cm³/mol. The van der Waals surface area contributed by atoms with Crippen molar-refractivity contribution in [1.82, 2.24) is 9.97 Å². The standard InChI is InChI=1S/C15H15N3O2/c1-20-15(19)12-8-17-14(18-13(12)16)11-6-9-4-2-3-5-10(9)7-11/h2-5,8,11H,6-7H2,1H3,(H2,16,17,18). The van der Waals surface area contributed by atoms with Crippen molar-refractivity contribution in [3.63, 3.8) is 0 Å². The molecule has 0 unspecified atom stereocenters. The van der Waals surface area contributed by atoms with E-state index in [9.17, 15) is 4.79 Å². The lowest BCUT2D eigenvalue weighted by atomic mass is 10.1. The molecular weight excluding hydrogens is 254 g/mol. The molecular formula is C15H15N3O2. The molecule has 2 aromatic rings. The Morgan fingerprint density at radius 3 is 2.50 bits per heavy atom. The number of anilines is 1. The van der Waals surface area contributed by atoms with Gasteiger partial charge in [0.25, 0.3) is 0 Å². The molecule has 1 aromatic carbocycles. The molecule has 0 fully saturated rings. The van der Waals surface area contributed by atoms with Crippen molar-refractivity contribution < 1.29 is 9.53 Å². The Labute approximate surface area is 116 Å². The third kappa shape index (κ3) is 2.11. The second-order valence-electron chi connectivity index (χ2n) is 4.89. The van der Waals surface area contributed by atoms with E-state index < -0.39 is 5.97 Å². The van der Waals surface area contributed by atoms with Crippen LogP contribution in [0.5, 0.6) is 0 Å². The fourth-order valence-electron chi connectivity index (χ4n) is 2.61. The highest BCUT2D eigenvalue weighted by Gasteiger charge is 2.25. The number of nitrogen functional groups attached to an aromatic ring is 1. The van der Waals surface area contributed by atoms with Gasteiger partial charge >= 0.3 is 5.97 Å². The molecule has 5 heteroatoms. The summed E-state index contributed by atoms with van der Waals surface area (Å²) < 4.78 is 4.63. The number of esters is 1. The Bertz CT molecular complexity index is 645. The van der Waals surface area contributed by atoms with Crippen molar-refractivity contribution in [1.29, 1.82) is 0 Å². The molecule has 0 atom stereocenters. The zero-order chi connectivity index (χ0) is 14.1. The van der Waals surface area contributed by atoms with Crippen molar-refractivity contribution in [2.45, 2.75) is 18.8 Å². The first kappa shape index (κ1) is 12.6. The molecule has 0 spiro atoms. The summed E-state index contributed by atoms with van der Waals surface area (Å²) in [4.78, 5) is 20.0. The number of aromatic nitrogens is 2. The molecule has 5 nitrogen and oxygen atoms in total. The topological polar surface area (TPSA) is 78.1 Å². The lowest BCUT2D eigenvalue weighted by Gasteiger charge is -2.09. The van der Waals surface area contributed by atoms with Gasteiger partial charge in [0.15, 0.2) is 0 Å². The first-order valence-corrected chi connectivity index (χ1v) is 6.46. The first-order chi connectivity index (χ1) is 9.69. The number of hydrogen-bond acceptors (Lipinski definition) is 5. The van der Waals surface area contributed by atoms with Crippen molar-refractivity contribution in [3.05, 3.63) is 53.0 Å². The van der Waals surface area contributed by atoms with Gasteiger partial charge < -0.3 is 10.5 Å². The maximum Gasteiger partial charge on any atom is 0.343 e. The van der Waals surface area contributed by atoms with Crippen LogP contribution >= 0.6 is 0 Å². The van der Waals surface area contributed by atoms with Crippen molar-refractivity contribution >= 4 is 11.8 Å². The number of carbonyl (C=O) groups excluding carboxylic acids is 1. The average Bonchev–Trinajstić information content (AvgIpc) is 2.90. The summed E-state index contributed by atoms with van der Waals surface area (Å²) in [6, 6.07) is 8.33. The van der Waals surface area contributed by atoms with Crippen LogP contribution in [0.3, 0.4) is 0 Å². The number of benzene rings is 1. The Balaban J connectivity index is 1.87. The molecule has 0 saturated heterocycles. The SMILES string of the molecule is COC(=O)c1cnc(C2Cc3ccccc3C2)nc1N. The van der Waals surface area contributed by atoms with Gasteiger partial charge in [-0.3, -0.25) is 0 Å². The molecule has 1 aliphatic carbocycles. The molecule has 0 amide bonds. The fourth-order valence-corrected chi connectivity index (χ4v) is 2.61. The molecule has 102 valence electrons. The van der Waals surface area contributed by atoms with Crippen LogP contribution in [0.15, 0.2) is 30.5 Å². The minimum atomic E-state index is -0.510. The van der Waals surface area contributed by atoms with Crippen LogP contribution in [0.25, 0.3) is 0 Å². The molecule has 1 heterocycles. The summed E-state index contributed by atoms with van der Waals surface area (Å²) in [6.07, 6.45) is 3.27. The lowest BCUT2D eigenvalue weighted by Crippen LogP contribution is -2.12. The third-order valence-electron chi connectivity index (χ3n) is 3.66. The van der Waals surface area contributed by atoms with Gasteiger partial charge in [-0.25, -0.2) is 14.8 Å². The maximum absolute atomic E-state index is 11.5. The van der Waals surface area contributed by atoms with E-state index in [1.165, 1.54) is 24.4 Å². The number of rotatable bonds is 2. The molecule has 3 rings (SSSR count). The number of methoxy groups -OCH3 is 1. The molecule has 0 saturated carbocycles. The molecule has 2 N–H and O–H groups in total. The van der Waals surface area contributed by atoms with Crippen molar-refractivity contribution in [3.8, 4) is 0 Å². The zero-order valence-corrected chi connectivity index (χ0v) is 11.2. The van der Waals surface area contributed by atoms with Crippen LogP contribution in [0, 0.1) is 0 Å². The highest BCUT2D eigenvalue weighted by atomic mass is 16.5. The molecule has 1 aromatic heterocycles. The highest BCUT2D eigenvalue weighted by molar-refractivity contribution is 5.93. The molecule has 0 radical (unpaired) electrons. The Kier molecular flexibility index (Phi) is 3.10. The number of nitrogens with zero attached hydrogens (tertiary/aromatic N) is 2. The summed E-state index contributed by atoms with van der Waals surface area (Å²) >= 11 is 0. The maximum atomic E-state index is 11.5. The van der Waals surface area contributed by atoms with E-state index in [4.69, 9.17) is 5.73 Å². The summed E-state index contributed by atoms with van der Waals surface area (Å²) in [5, 5.41) is 0. The van der Waals surface area contributed by atoms with E-state index in [2.05, 4.69) is 26.8 Å². The minimum absolute atomic E-state index is 0.179. The van der Waals surface area contributed by atoms with Gasteiger partial charge in [-0.15, -0.1) is 0 Å². The van der Waals surface area contributed by atoms with E-state index in [-0.39, 0.29) is 17.3 Å². The van der Waals surface area contributed by atoms with Crippen LogP contribution in [-0.2, 0) is 17.6 Å². The van der Waals surface area contributed by atoms with Gasteiger partial charge in [0, 0.05) is 12.1 Å². The van der Waals surface area contributed by atoms with Crippen LogP contribution in [0.2, 0.25) is 0 Å². The van der Waals surface area contributed by atoms with Gasteiger partial charge in [0.1, 0.15) is 17.2 Å². The third-order valence-corrected chi connectivity index (χ3v) is 3.66. The van der Waals surface area contributed by atoms with Crippen LogP contribution in [0.4, 0.5) is 5.82 Å². The van der Waals surface area contributed by atoms with Gasteiger partial charge in [0.2, 0.25) is 0 Å². The Morgan fingerprint density at radius 2 is 1.95 bits per heavy atom. The quantitative estimate of drug-likeness (QED) is 0.840. The smallest absolute Gasteiger partial charge is 0.343 e. The first-order valence-electron chi connectivity index (χ1n) is 6.46. The van der Waals surface area contributed by atoms with Gasteiger partial charge in [-0.1, -0.05) is 24.3 Å². The average molecular weight is 269 g/mol. The summed E-state index contributed by atoms with van der Waals surface area (Å²) in [5.41, 5.74) is 8.69. The Hall–Kier alpha value is -2.43. The van der Waals surface area contributed by atoms with E-state index in [1.54, 1.807) is 0 Å². The second-order valence-corrected chi connectivity index (χ2v) is 4.89. The molecule has 1 aliphatic rings. The number of fused-ring (bicyclic) bond motifs is 1. The van der Waals surface area contributed by atoms with Crippen LogP contribution in [-0.4, -0.2) is 23.0 Å². The van der Waals surface area contributed by atoms with Crippen molar-refractivity contribution in [2.24, 2.45) is 0 Å². The van der Waals surface area contributed by atoms with E-state index >= 15 is 0 Å². The van der Waals surface area contributed by atoms with Crippen molar-refractivity contribution in [2.75, 3.05) is 12.8 Å². The van der Waals surface area contributed by atoms with E-state index in [1.807, 2.05) is 12.1 Å². The number of carbonyl (C=O) groups is 1. The minimum Gasteiger partial charge on any atom is -0.465 e. The van der Waals surface area contributed by atoms with Gasteiger partial charge in [-0.05, 0) is 24.0 Å². The summed E-state index contributed by atoms with van der Waals surface area (Å²) in [5.74, 6) is 0.578. The molecule has 20 heavy (non-hydrogen) atoms. The fraction of sp³-hybridized carbons (Fsp3) is 0.267. The summed E-state index contributed by atoms with van der Waals surface area (Å²) in [6.45, 7) is 0. The summed E-state index contributed by atoms with van der Waals surface area (Å²) in [7, 11) is 1.31. The largest absolute Gasteiger partial charge is 0.465 e. The Morgan fingerprint density at radius 1 is 1.30 bits per heavy atom. The van der Waals surface area contributed by atoms with Crippen LogP contribution in [0.1, 0.15) is 33.2 Å².